The molecule has 0 radical (unpaired) electrons. The molecule has 1 aromatic rings. The molecule has 1 atom stereocenters. The van der Waals surface area contributed by atoms with Crippen molar-refractivity contribution in [2.45, 2.75) is 18.8 Å². The molecular formula is C11H16ClNO. The van der Waals surface area contributed by atoms with Crippen molar-refractivity contribution >= 4 is 11.6 Å². The lowest BCUT2D eigenvalue weighted by molar-refractivity contribution is 0.247. The van der Waals surface area contributed by atoms with Gasteiger partial charge in [0.25, 0.3) is 0 Å². The van der Waals surface area contributed by atoms with Gasteiger partial charge < -0.3 is 10.8 Å². The average molecular weight is 214 g/mol. The van der Waals surface area contributed by atoms with E-state index in [9.17, 15) is 0 Å². The number of benzene rings is 1. The maximum atomic E-state index is 8.99. The van der Waals surface area contributed by atoms with E-state index in [0.29, 0.717) is 18.0 Å². The molecule has 0 bridgehead atoms. The SMILES string of the molecule is CC(CN)(CCO)c1ccccc1Cl. The van der Waals surface area contributed by atoms with Crippen molar-refractivity contribution in [2.75, 3.05) is 13.2 Å². The zero-order valence-electron chi connectivity index (χ0n) is 8.33. The van der Waals surface area contributed by atoms with Gasteiger partial charge in [-0.2, -0.15) is 0 Å². The number of aliphatic hydroxyl groups is 1. The standard InChI is InChI=1S/C11H16ClNO/c1-11(8-13,6-7-14)9-4-2-3-5-10(9)12/h2-5,14H,6-8,13H2,1H3. The molecular weight excluding hydrogens is 198 g/mol. The summed E-state index contributed by atoms with van der Waals surface area (Å²) < 4.78 is 0. The highest BCUT2D eigenvalue weighted by Crippen LogP contribution is 2.31. The molecule has 0 spiro atoms. The van der Waals surface area contributed by atoms with Crippen molar-refractivity contribution in [3.8, 4) is 0 Å². The van der Waals surface area contributed by atoms with Crippen LogP contribution >= 0.6 is 11.6 Å². The van der Waals surface area contributed by atoms with Crippen molar-refractivity contribution < 1.29 is 5.11 Å². The molecule has 1 unspecified atom stereocenters. The largest absolute Gasteiger partial charge is 0.396 e. The van der Waals surface area contributed by atoms with Gasteiger partial charge in [-0.3, -0.25) is 0 Å². The fraction of sp³-hybridized carbons (Fsp3) is 0.455. The molecule has 1 aromatic carbocycles. The molecule has 0 saturated heterocycles. The Kier molecular flexibility index (Phi) is 3.93. The second kappa shape index (κ2) is 4.78. The Morgan fingerprint density at radius 2 is 2.07 bits per heavy atom. The van der Waals surface area contributed by atoms with Crippen LogP contribution in [0, 0.1) is 0 Å². The summed E-state index contributed by atoms with van der Waals surface area (Å²) in [7, 11) is 0. The molecule has 3 heteroatoms. The van der Waals surface area contributed by atoms with Gasteiger partial charge in [-0.1, -0.05) is 36.7 Å². The summed E-state index contributed by atoms with van der Waals surface area (Å²) in [5.41, 5.74) is 6.51. The van der Waals surface area contributed by atoms with Crippen molar-refractivity contribution in [1.82, 2.24) is 0 Å². The van der Waals surface area contributed by atoms with E-state index in [4.69, 9.17) is 22.4 Å². The van der Waals surface area contributed by atoms with Crippen molar-refractivity contribution in [3.63, 3.8) is 0 Å². The first-order valence-corrected chi connectivity index (χ1v) is 5.08. The molecule has 78 valence electrons. The van der Waals surface area contributed by atoms with Gasteiger partial charge in [-0.05, 0) is 18.1 Å². The molecule has 0 fully saturated rings. The second-order valence-corrected chi connectivity index (χ2v) is 4.13. The molecule has 0 aliphatic heterocycles. The zero-order chi connectivity index (χ0) is 10.6. The molecule has 0 amide bonds. The quantitative estimate of drug-likeness (QED) is 0.803. The number of hydrogen-bond acceptors (Lipinski definition) is 2. The maximum absolute atomic E-state index is 8.99. The number of hydrogen-bond donors (Lipinski definition) is 2. The first kappa shape index (κ1) is 11.5. The molecule has 1 rings (SSSR count). The predicted molar refractivity (Wildman–Crippen MR) is 59.6 cm³/mol. The van der Waals surface area contributed by atoms with E-state index in [1.807, 2.05) is 31.2 Å². The van der Waals surface area contributed by atoms with Gasteiger partial charge in [0, 0.05) is 23.6 Å². The van der Waals surface area contributed by atoms with Crippen LogP contribution in [0.4, 0.5) is 0 Å². The summed E-state index contributed by atoms with van der Waals surface area (Å²) in [6, 6.07) is 7.64. The number of nitrogens with two attached hydrogens (primary N) is 1. The van der Waals surface area contributed by atoms with Crippen LogP contribution in [0.2, 0.25) is 5.02 Å². The molecule has 0 heterocycles. The van der Waals surface area contributed by atoms with Gasteiger partial charge in [-0.15, -0.1) is 0 Å². The van der Waals surface area contributed by atoms with Gasteiger partial charge in [0.05, 0.1) is 0 Å². The molecule has 14 heavy (non-hydrogen) atoms. The van der Waals surface area contributed by atoms with Crippen LogP contribution in [0.5, 0.6) is 0 Å². The monoisotopic (exact) mass is 213 g/mol. The van der Waals surface area contributed by atoms with E-state index in [1.54, 1.807) is 0 Å². The third-order valence-corrected chi connectivity index (χ3v) is 2.97. The van der Waals surface area contributed by atoms with Crippen LogP contribution in [0.25, 0.3) is 0 Å². The summed E-state index contributed by atoms with van der Waals surface area (Å²) >= 11 is 6.09. The Morgan fingerprint density at radius 1 is 1.43 bits per heavy atom. The molecule has 2 nitrogen and oxygen atoms in total. The Hall–Kier alpha value is -0.570. The van der Waals surface area contributed by atoms with Crippen LogP contribution in [0.1, 0.15) is 18.9 Å². The first-order chi connectivity index (χ1) is 6.64. The normalized spacial score (nSPS) is 15.1. The highest BCUT2D eigenvalue weighted by atomic mass is 35.5. The smallest absolute Gasteiger partial charge is 0.0444 e. The summed E-state index contributed by atoms with van der Waals surface area (Å²) in [4.78, 5) is 0. The highest BCUT2D eigenvalue weighted by Gasteiger charge is 2.26. The van der Waals surface area contributed by atoms with E-state index < -0.39 is 0 Å². The molecule has 3 N–H and O–H groups in total. The number of halogens is 1. The van der Waals surface area contributed by atoms with Gasteiger partial charge in [0.1, 0.15) is 0 Å². The third kappa shape index (κ3) is 2.27. The maximum Gasteiger partial charge on any atom is 0.0444 e. The van der Waals surface area contributed by atoms with Gasteiger partial charge in [-0.25, -0.2) is 0 Å². The summed E-state index contributed by atoms with van der Waals surface area (Å²) in [5.74, 6) is 0. The van der Waals surface area contributed by atoms with Crippen molar-refractivity contribution in [3.05, 3.63) is 34.9 Å². The third-order valence-electron chi connectivity index (χ3n) is 2.64. The minimum atomic E-state index is -0.229. The minimum Gasteiger partial charge on any atom is -0.396 e. The van der Waals surface area contributed by atoms with E-state index in [1.165, 1.54) is 0 Å². The van der Waals surface area contributed by atoms with Gasteiger partial charge >= 0.3 is 0 Å². The molecule has 0 aromatic heterocycles. The van der Waals surface area contributed by atoms with Crippen LogP contribution < -0.4 is 5.73 Å². The number of aliphatic hydroxyl groups excluding tert-OH is 1. The Labute approximate surface area is 89.7 Å². The fourth-order valence-electron chi connectivity index (χ4n) is 1.54. The van der Waals surface area contributed by atoms with Gasteiger partial charge in [0.2, 0.25) is 0 Å². The molecule has 0 aliphatic rings. The van der Waals surface area contributed by atoms with Crippen molar-refractivity contribution in [1.29, 1.82) is 0 Å². The Balaban J connectivity index is 3.05. The van der Waals surface area contributed by atoms with E-state index in [-0.39, 0.29) is 12.0 Å². The predicted octanol–water partition coefficient (Wildman–Crippen LogP) is 1.94. The molecule has 0 aliphatic carbocycles. The van der Waals surface area contributed by atoms with Crippen LogP contribution in [-0.4, -0.2) is 18.3 Å². The highest BCUT2D eigenvalue weighted by molar-refractivity contribution is 6.31. The van der Waals surface area contributed by atoms with E-state index >= 15 is 0 Å². The van der Waals surface area contributed by atoms with Crippen LogP contribution in [0.15, 0.2) is 24.3 Å². The summed E-state index contributed by atoms with van der Waals surface area (Å²) in [6.07, 6.45) is 0.632. The lowest BCUT2D eigenvalue weighted by Gasteiger charge is -2.28. The molecule has 0 saturated carbocycles. The first-order valence-electron chi connectivity index (χ1n) is 4.70. The fourth-order valence-corrected chi connectivity index (χ4v) is 1.91. The topological polar surface area (TPSA) is 46.2 Å². The van der Waals surface area contributed by atoms with Crippen LogP contribution in [-0.2, 0) is 5.41 Å². The zero-order valence-corrected chi connectivity index (χ0v) is 9.09. The van der Waals surface area contributed by atoms with E-state index in [0.717, 1.165) is 5.56 Å². The average Bonchev–Trinajstić information content (AvgIpc) is 2.18. The van der Waals surface area contributed by atoms with Gasteiger partial charge in [0.15, 0.2) is 0 Å². The Bertz CT molecular complexity index is 303. The minimum absolute atomic E-state index is 0.124. The second-order valence-electron chi connectivity index (χ2n) is 3.72. The van der Waals surface area contributed by atoms with Crippen molar-refractivity contribution in [2.24, 2.45) is 5.73 Å². The van der Waals surface area contributed by atoms with E-state index in [2.05, 4.69) is 0 Å². The van der Waals surface area contributed by atoms with Crippen LogP contribution in [0.3, 0.4) is 0 Å². The lowest BCUT2D eigenvalue weighted by Crippen LogP contribution is -2.33. The summed E-state index contributed by atoms with van der Waals surface area (Å²) in [6.45, 7) is 2.63. The number of rotatable bonds is 4. The lowest BCUT2D eigenvalue weighted by atomic mass is 9.80. The Morgan fingerprint density at radius 3 is 2.57 bits per heavy atom. The summed E-state index contributed by atoms with van der Waals surface area (Å²) in [5, 5.41) is 9.70.